The van der Waals surface area contributed by atoms with Gasteiger partial charge < -0.3 is 9.47 Å². The van der Waals surface area contributed by atoms with Crippen molar-refractivity contribution >= 4 is 5.97 Å². The van der Waals surface area contributed by atoms with Crippen LogP contribution in [-0.2, 0) is 14.3 Å². The molecule has 0 aromatic carbocycles. The van der Waals surface area contributed by atoms with Crippen LogP contribution in [0.1, 0.15) is 19.3 Å². The molecule has 0 aromatic heterocycles. The molecule has 0 aromatic rings. The van der Waals surface area contributed by atoms with E-state index in [0.717, 1.165) is 25.9 Å². The van der Waals surface area contributed by atoms with Crippen molar-refractivity contribution in [3.63, 3.8) is 0 Å². The molecule has 66 valence electrons. The predicted octanol–water partition coefficient (Wildman–Crippen LogP) is 1.04. The smallest absolute Gasteiger partial charge is 0.330 e. The lowest BCUT2D eigenvalue weighted by Gasteiger charge is -2.29. The topological polar surface area (TPSA) is 35.5 Å². The van der Waals surface area contributed by atoms with Crippen LogP contribution in [0.4, 0.5) is 0 Å². The Labute approximate surface area is 71.3 Å². The molecule has 0 aliphatic carbocycles. The van der Waals surface area contributed by atoms with Crippen molar-refractivity contribution in [3.8, 4) is 0 Å². The maximum atomic E-state index is 11.0. The minimum Gasteiger partial charge on any atom is -0.456 e. The van der Waals surface area contributed by atoms with Gasteiger partial charge in [0.05, 0.1) is 6.10 Å². The third-order valence-electron chi connectivity index (χ3n) is 2.27. The second kappa shape index (κ2) is 3.27. The molecule has 2 atom stereocenters. The van der Waals surface area contributed by atoms with Crippen molar-refractivity contribution in [2.45, 2.75) is 31.5 Å². The minimum absolute atomic E-state index is 0.0127. The van der Waals surface area contributed by atoms with E-state index in [1.807, 2.05) is 6.08 Å². The highest BCUT2D eigenvalue weighted by Gasteiger charge is 2.29. The Morgan fingerprint density at radius 1 is 1.42 bits per heavy atom. The summed E-state index contributed by atoms with van der Waals surface area (Å²) in [6.45, 7) is 0.798. The normalized spacial score (nSPS) is 35.2. The fraction of sp³-hybridized carbons (Fsp3) is 0.667. The van der Waals surface area contributed by atoms with Gasteiger partial charge in [0.25, 0.3) is 0 Å². The summed E-state index contributed by atoms with van der Waals surface area (Å²) in [6, 6.07) is 0. The van der Waals surface area contributed by atoms with Gasteiger partial charge in [-0.3, -0.25) is 0 Å². The van der Waals surface area contributed by atoms with E-state index in [4.69, 9.17) is 9.47 Å². The van der Waals surface area contributed by atoms with Gasteiger partial charge >= 0.3 is 5.97 Å². The van der Waals surface area contributed by atoms with Crippen LogP contribution >= 0.6 is 0 Å². The summed E-state index contributed by atoms with van der Waals surface area (Å²) in [5.41, 5.74) is 0. The van der Waals surface area contributed by atoms with Gasteiger partial charge in [-0.15, -0.1) is 0 Å². The maximum Gasteiger partial charge on any atom is 0.330 e. The van der Waals surface area contributed by atoms with Crippen LogP contribution in [0, 0.1) is 0 Å². The van der Waals surface area contributed by atoms with E-state index in [-0.39, 0.29) is 18.2 Å². The zero-order chi connectivity index (χ0) is 8.39. The highest BCUT2D eigenvalue weighted by Crippen LogP contribution is 2.22. The zero-order valence-electron chi connectivity index (χ0n) is 6.86. The van der Waals surface area contributed by atoms with E-state index in [0.29, 0.717) is 0 Å². The first-order chi connectivity index (χ1) is 5.86. The Bertz CT molecular complexity index is 210. The lowest BCUT2D eigenvalue weighted by atomic mass is 10.0. The summed E-state index contributed by atoms with van der Waals surface area (Å²) in [4.78, 5) is 11.0. The number of esters is 1. The van der Waals surface area contributed by atoms with E-state index in [1.54, 1.807) is 0 Å². The predicted molar refractivity (Wildman–Crippen MR) is 42.6 cm³/mol. The van der Waals surface area contributed by atoms with Crippen LogP contribution < -0.4 is 0 Å². The number of hydrogen-bond acceptors (Lipinski definition) is 3. The quantitative estimate of drug-likeness (QED) is 0.507. The highest BCUT2D eigenvalue weighted by atomic mass is 16.6. The summed E-state index contributed by atoms with van der Waals surface area (Å²) in [5, 5.41) is 0. The number of hydrogen-bond donors (Lipinski definition) is 0. The van der Waals surface area contributed by atoms with Crippen molar-refractivity contribution in [3.05, 3.63) is 12.2 Å². The fourth-order valence-corrected chi connectivity index (χ4v) is 1.65. The Kier molecular flexibility index (Phi) is 2.13. The van der Waals surface area contributed by atoms with Crippen LogP contribution in [0.2, 0.25) is 0 Å². The number of fused-ring (bicyclic) bond motifs is 1. The summed E-state index contributed by atoms with van der Waals surface area (Å²) in [7, 11) is 0. The molecule has 0 N–H and O–H groups in total. The highest BCUT2D eigenvalue weighted by molar-refractivity contribution is 5.82. The Morgan fingerprint density at radius 3 is 3.25 bits per heavy atom. The summed E-state index contributed by atoms with van der Waals surface area (Å²) >= 11 is 0. The maximum absolute atomic E-state index is 11.0. The van der Waals surface area contributed by atoms with E-state index >= 15 is 0 Å². The molecule has 0 spiro atoms. The van der Waals surface area contributed by atoms with Crippen LogP contribution in [0.3, 0.4) is 0 Å². The van der Waals surface area contributed by atoms with Crippen molar-refractivity contribution < 1.29 is 14.3 Å². The van der Waals surface area contributed by atoms with Gasteiger partial charge in [0.2, 0.25) is 0 Å². The molecule has 2 heterocycles. The molecule has 0 unspecified atom stereocenters. The van der Waals surface area contributed by atoms with Gasteiger partial charge in [0.1, 0.15) is 6.10 Å². The zero-order valence-corrected chi connectivity index (χ0v) is 6.86. The minimum atomic E-state index is -0.229. The van der Waals surface area contributed by atoms with Gasteiger partial charge in [0.15, 0.2) is 0 Å². The number of carbonyl (C=O) groups excluding carboxylic acids is 1. The van der Waals surface area contributed by atoms with E-state index in [9.17, 15) is 4.79 Å². The molecule has 1 saturated heterocycles. The Balaban J connectivity index is 2.06. The van der Waals surface area contributed by atoms with Gasteiger partial charge in [-0.2, -0.15) is 0 Å². The first kappa shape index (κ1) is 7.80. The molecule has 3 heteroatoms. The third kappa shape index (κ3) is 1.50. The average Bonchev–Trinajstić information content (AvgIpc) is 2.25. The average molecular weight is 168 g/mol. The third-order valence-corrected chi connectivity index (χ3v) is 2.27. The molecule has 3 nitrogen and oxygen atoms in total. The van der Waals surface area contributed by atoms with Crippen LogP contribution in [0.25, 0.3) is 0 Å². The molecular formula is C9H12O3. The lowest BCUT2D eigenvalue weighted by Crippen LogP contribution is -2.35. The van der Waals surface area contributed by atoms with E-state index < -0.39 is 0 Å². The Morgan fingerprint density at radius 2 is 2.33 bits per heavy atom. The first-order valence-electron chi connectivity index (χ1n) is 4.35. The van der Waals surface area contributed by atoms with Gasteiger partial charge in [-0.25, -0.2) is 4.79 Å². The van der Waals surface area contributed by atoms with Crippen LogP contribution in [0.15, 0.2) is 12.2 Å². The molecule has 0 amide bonds. The summed E-state index contributed by atoms with van der Waals surface area (Å²) in [6.07, 6.45) is 6.14. The van der Waals surface area contributed by atoms with E-state index in [1.165, 1.54) is 6.08 Å². The van der Waals surface area contributed by atoms with Crippen LogP contribution in [0.5, 0.6) is 0 Å². The first-order valence-corrected chi connectivity index (χ1v) is 4.35. The standard InChI is InChI=1S/C9H12O3/c10-9-5-1-3-7-8(12-9)4-2-6-11-7/h1,5,7-8H,2-4,6H2/t7-,8-/m1/s1. The fourth-order valence-electron chi connectivity index (χ4n) is 1.65. The van der Waals surface area contributed by atoms with Crippen molar-refractivity contribution in [2.75, 3.05) is 6.61 Å². The molecule has 2 aliphatic rings. The Hall–Kier alpha value is -0.830. The summed E-state index contributed by atoms with van der Waals surface area (Å²) < 4.78 is 10.6. The van der Waals surface area contributed by atoms with Crippen molar-refractivity contribution in [2.24, 2.45) is 0 Å². The molecule has 1 fully saturated rings. The second-order valence-electron chi connectivity index (χ2n) is 3.16. The van der Waals surface area contributed by atoms with Gasteiger partial charge in [-0.05, 0) is 19.3 Å². The number of carbonyl (C=O) groups is 1. The lowest BCUT2D eigenvalue weighted by molar-refractivity contribution is -0.156. The molecule has 0 bridgehead atoms. The molecule has 2 rings (SSSR count). The molecule has 0 radical (unpaired) electrons. The molecule has 12 heavy (non-hydrogen) atoms. The molecule has 0 saturated carbocycles. The van der Waals surface area contributed by atoms with Gasteiger partial charge in [-0.1, -0.05) is 6.08 Å². The SMILES string of the molecule is O=C1C=CC[C@H]2OCCC[C@H]2O1. The van der Waals surface area contributed by atoms with Crippen molar-refractivity contribution in [1.29, 1.82) is 0 Å². The number of ether oxygens (including phenoxy) is 2. The number of rotatable bonds is 0. The molecule has 2 aliphatic heterocycles. The monoisotopic (exact) mass is 168 g/mol. The second-order valence-corrected chi connectivity index (χ2v) is 3.16. The molecular weight excluding hydrogens is 156 g/mol. The van der Waals surface area contributed by atoms with Gasteiger partial charge in [0, 0.05) is 12.7 Å². The van der Waals surface area contributed by atoms with Crippen LogP contribution in [-0.4, -0.2) is 24.8 Å². The van der Waals surface area contributed by atoms with E-state index in [2.05, 4.69) is 0 Å². The van der Waals surface area contributed by atoms with Crippen molar-refractivity contribution in [1.82, 2.24) is 0 Å². The largest absolute Gasteiger partial charge is 0.456 e. The summed E-state index contributed by atoms with van der Waals surface area (Å²) in [5.74, 6) is -0.229.